The second-order valence-electron chi connectivity index (χ2n) is 5.21. The topological polar surface area (TPSA) is 40.1 Å². The van der Waals surface area contributed by atoms with E-state index in [1.54, 1.807) is 0 Å². The number of hydrogen-bond donors (Lipinski definition) is 1. The van der Waals surface area contributed by atoms with E-state index < -0.39 is 0 Å². The maximum Gasteiger partial charge on any atom is 0.198 e. The molecule has 0 radical (unpaired) electrons. The Morgan fingerprint density at radius 1 is 1.24 bits per heavy atom. The fourth-order valence-electron chi connectivity index (χ4n) is 2.61. The van der Waals surface area contributed by atoms with E-state index >= 15 is 0 Å². The summed E-state index contributed by atoms with van der Waals surface area (Å²) in [7, 11) is 0. The van der Waals surface area contributed by atoms with Crippen LogP contribution in [0.25, 0.3) is 0 Å². The fourth-order valence-corrected chi connectivity index (χ4v) is 2.88. The quantitative estimate of drug-likeness (QED) is 0.892. The van der Waals surface area contributed by atoms with E-state index in [0.717, 1.165) is 62.9 Å². The highest BCUT2D eigenvalue weighted by Crippen LogP contribution is 2.19. The van der Waals surface area contributed by atoms with Gasteiger partial charge in [0.15, 0.2) is 5.96 Å². The van der Waals surface area contributed by atoms with Crippen molar-refractivity contribution in [3.05, 3.63) is 28.7 Å². The monoisotopic (exact) mass is 352 g/mol. The minimum atomic E-state index is 0.845. The maximum atomic E-state index is 5.41. The standard InChI is InChI=1S/C15H21BrN4O/c16-13-1-3-14(4-2-13)20(15-17-5-6-18-15)8-7-19-9-11-21-12-10-19/h1-4H,5-12H2,(H,17,18). The van der Waals surface area contributed by atoms with Crippen molar-refractivity contribution in [1.82, 2.24) is 10.2 Å². The largest absolute Gasteiger partial charge is 0.379 e. The first-order chi connectivity index (χ1) is 10.3. The predicted molar refractivity (Wildman–Crippen MR) is 89.1 cm³/mol. The summed E-state index contributed by atoms with van der Waals surface area (Å²) in [6.45, 7) is 7.49. The number of morpholine rings is 1. The second kappa shape index (κ2) is 7.24. The van der Waals surface area contributed by atoms with Crippen LogP contribution in [-0.4, -0.2) is 63.3 Å². The van der Waals surface area contributed by atoms with Gasteiger partial charge in [0.25, 0.3) is 0 Å². The zero-order valence-corrected chi connectivity index (χ0v) is 13.7. The Bertz CT molecular complexity index is 485. The highest BCUT2D eigenvalue weighted by molar-refractivity contribution is 9.10. The third kappa shape index (κ3) is 3.96. The molecule has 1 N–H and O–H groups in total. The molecule has 0 spiro atoms. The number of nitrogens with one attached hydrogen (secondary N) is 1. The molecule has 0 unspecified atom stereocenters. The second-order valence-corrected chi connectivity index (χ2v) is 6.13. The predicted octanol–water partition coefficient (Wildman–Crippen LogP) is 1.55. The number of anilines is 1. The molecule has 0 amide bonds. The van der Waals surface area contributed by atoms with Gasteiger partial charge in [0.05, 0.1) is 19.8 Å². The first kappa shape index (κ1) is 14.8. The number of halogens is 1. The molecular formula is C15H21BrN4O. The molecule has 1 fully saturated rings. The summed E-state index contributed by atoms with van der Waals surface area (Å²) in [5.41, 5.74) is 1.18. The summed E-state index contributed by atoms with van der Waals surface area (Å²) >= 11 is 3.49. The summed E-state index contributed by atoms with van der Waals surface area (Å²) in [6.07, 6.45) is 0. The van der Waals surface area contributed by atoms with Crippen LogP contribution in [0, 0.1) is 0 Å². The van der Waals surface area contributed by atoms with E-state index in [1.807, 2.05) is 0 Å². The highest BCUT2D eigenvalue weighted by atomic mass is 79.9. The number of nitrogens with zero attached hydrogens (tertiary/aromatic N) is 3. The smallest absolute Gasteiger partial charge is 0.198 e. The van der Waals surface area contributed by atoms with E-state index in [1.165, 1.54) is 5.69 Å². The van der Waals surface area contributed by atoms with Crippen molar-refractivity contribution in [2.24, 2.45) is 4.99 Å². The molecule has 6 heteroatoms. The molecule has 21 heavy (non-hydrogen) atoms. The van der Waals surface area contributed by atoms with Crippen LogP contribution in [0.5, 0.6) is 0 Å². The molecule has 2 aliphatic heterocycles. The lowest BCUT2D eigenvalue weighted by Crippen LogP contribution is -2.45. The molecule has 0 saturated carbocycles. The maximum absolute atomic E-state index is 5.41. The van der Waals surface area contributed by atoms with Gasteiger partial charge in [-0.2, -0.15) is 0 Å². The van der Waals surface area contributed by atoms with Crippen LogP contribution in [-0.2, 0) is 4.74 Å². The Morgan fingerprint density at radius 2 is 2.00 bits per heavy atom. The van der Waals surface area contributed by atoms with E-state index in [9.17, 15) is 0 Å². The van der Waals surface area contributed by atoms with Crippen molar-refractivity contribution in [3.63, 3.8) is 0 Å². The molecule has 0 aliphatic carbocycles. The van der Waals surface area contributed by atoms with Crippen molar-refractivity contribution in [3.8, 4) is 0 Å². The molecule has 0 aromatic heterocycles. The van der Waals surface area contributed by atoms with E-state index in [0.29, 0.717) is 0 Å². The minimum Gasteiger partial charge on any atom is -0.379 e. The number of rotatable bonds is 4. The average Bonchev–Trinajstić information content (AvgIpc) is 3.04. The molecule has 1 saturated heterocycles. The SMILES string of the molecule is Brc1ccc(N(CCN2CCOCC2)C2=NCCN2)cc1. The van der Waals surface area contributed by atoms with Crippen LogP contribution in [0.4, 0.5) is 5.69 Å². The molecule has 2 aliphatic rings. The molecule has 114 valence electrons. The van der Waals surface area contributed by atoms with Gasteiger partial charge < -0.3 is 15.0 Å². The molecule has 0 bridgehead atoms. The molecule has 2 heterocycles. The number of hydrogen-bond acceptors (Lipinski definition) is 5. The van der Waals surface area contributed by atoms with Gasteiger partial charge in [0, 0.05) is 42.9 Å². The number of aliphatic imine (C=N–C) groups is 1. The van der Waals surface area contributed by atoms with Crippen LogP contribution in [0.1, 0.15) is 0 Å². The van der Waals surface area contributed by atoms with Gasteiger partial charge in [-0.05, 0) is 24.3 Å². The van der Waals surface area contributed by atoms with Gasteiger partial charge in [-0.3, -0.25) is 9.89 Å². The summed E-state index contributed by atoms with van der Waals surface area (Å²) in [4.78, 5) is 9.30. The Hall–Kier alpha value is -1.11. The summed E-state index contributed by atoms with van der Waals surface area (Å²) < 4.78 is 6.51. The van der Waals surface area contributed by atoms with Crippen molar-refractivity contribution < 1.29 is 4.74 Å². The van der Waals surface area contributed by atoms with E-state index in [-0.39, 0.29) is 0 Å². The molecule has 3 rings (SSSR count). The van der Waals surface area contributed by atoms with Crippen molar-refractivity contribution in [2.45, 2.75) is 0 Å². The van der Waals surface area contributed by atoms with Gasteiger partial charge in [-0.15, -0.1) is 0 Å². The Kier molecular flexibility index (Phi) is 5.11. The minimum absolute atomic E-state index is 0.845. The van der Waals surface area contributed by atoms with Crippen molar-refractivity contribution >= 4 is 27.6 Å². The highest BCUT2D eigenvalue weighted by Gasteiger charge is 2.18. The zero-order valence-electron chi connectivity index (χ0n) is 12.1. The summed E-state index contributed by atoms with van der Waals surface area (Å²) in [5, 5.41) is 3.38. The average molecular weight is 353 g/mol. The first-order valence-electron chi connectivity index (χ1n) is 7.44. The van der Waals surface area contributed by atoms with Crippen LogP contribution >= 0.6 is 15.9 Å². The van der Waals surface area contributed by atoms with Crippen molar-refractivity contribution in [2.75, 3.05) is 57.4 Å². The Balaban J connectivity index is 1.68. The van der Waals surface area contributed by atoms with Gasteiger partial charge in [0.2, 0.25) is 0 Å². The normalized spacial score (nSPS) is 19.2. The molecule has 1 aromatic rings. The van der Waals surface area contributed by atoms with Crippen LogP contribution in [0.2, 0.25) is 0 Å². The third-order valence-electron chi connectivity index (χ3n) is 3.79. The van der Waals surface area contributed by atoms with Gasteiger partial charge in [-0.1, -0.05) is 15.9 Å². The Morgan fingerprint density at radius 3 is 2.67 bits per heavy atom. The summed E-state index contributed by atoms with van der Waals surface area (Å²) in [5.74, 6) is 0.991. The van der Waals surface area contributed by atoms with Gasteiger partial charge >= 0.3 is 0 Å². The summed E-state index contributed by atoms with van der Waals surface area (Å²) in [6, 6.07) is 8.41. The molecule has 1 aromatic carbocycles. The fraction of sp³-hybridized carbons (Fsp3) is 0.533. The van der Waals surface area contributed by atoms with Crippen LogP contribution in [0.3, 0.4) is 0 Å². The van der Waals surface area contributed by atoms with Gasteiger partial charge in [0.1, 0.15) is 0 Å². The molecule has 5 nitrogen and oxygen atoms in total. The molecule has 0 atom stereocenters. The third-order valence-corrected chi connectivity index (χ3v) is 4.32. The van der Waals surface area contributed by atoms with Crippen LogP contribution in [0.15, 0.2) is 33.7 Å². The molecular weight excluding hydrogens is 332 g/mol. The zero-order chi connectivity index (χ0) is 14.5. The van der Waals surface area contributed by atoms with Gasteiger partial charge in [-0.25, -0.2) is 0 Å². The lowest BCUT2D eigenvalue weighted by molar-refractivity contribution is 0.0394. The number of ether oxygens (including phenoxy) is 1. The van der Waals surface area contributed by atoms with Crippen molar-refractivity contribution in [1.29, 1.82) is 0 Å². The lowest BCUT2D eigenvalue weighted by Gasteiger charge is -2.31. The Labute approximate surface area is 134 Å². The number of guanidine groups is 1. The number of benzene rings is 1. The lowest BCUT2D eigenvalue weighted by atomic mass is 10.3. The van der Waals surface area contributed by atoms with E-state index in [4.69, 9.17) is 4.74 Å². The first-order valence-corrected chi connectivity index (χ1v) is 8.24. The van der Waals surface area contributed by atoms with Crippen LogP contribution < -0.4 is 10.2 Å². The van der Waals surface area contributed by atoms with E-state index in [2.05, 4.69) is 60.3 Å².